The van der Waals surface area contributed by atoms with Gasteiger partial charge in [-0.3, -0.25) is 4.90 Å². The Morgan fingerprint density at radius 1 is 1.55 bits per heavy atom. The van der Waals surface area contributed by atoms with Gasteiger partial charge in [-0.15, -0.1) is 0 Å². The second-order valence-electron chi connectivity index (χ2n) is 3.48. The van der Waals surface area contributed by atoms with Crippen molar-refractivity contribution in [1.82, 2.24) is 9.80 Å². The average Bonchev–Trinajstić information content (AvgIpc) is 2.05. The van der Waals surface area contributed by atoms with Crippen LogP contribution in [0.2, 0.25) is 0 Å². The zero-order valence-corrected chi connectivity index (χ0v) is 7.45. The molecule has 1 N–H and O–H groups in total. The summed E-state index contributed by atoms with van der Waals surface area (Å²) in [6, 6.07) is 0.635. The number of aliphatic hydroxyl groups is 1. The van der Waals surface area contributed by atoms with Crippen molar-refractivity contribution in [1.29, 1.82) is 0 Å². The maximum Gasteiger partial charge on any atom is 0.0957 e. The molecule has 0 aromatic carbocycles. The fourth-order valence-electron chi connectivity index (χ4n) is 1.58. The molecule has 1 unspecified atom stereocenters. The van der Waals surface area contributed by atoms with E-state index in [1.807, 2.05) is 0 Å². The zero-order valence-electron chi connectivity index (χ0n) is 7.45. The molecule has 0 aromatic heterocycles. The monoisotopic (exact) mass is 158 g/mol. The highest BCUT2D eigenvalue weighted by atomic mass is 16.3. The molecular weight excluding hydrogens is 140 g/mol. The first-order valence-corrected chi connectivity index (χ1v) is 4.23. The second kappa shape index (κ2) is 4.04. The lowest BCUT2D eigenvalue weighted by atomic mass is 10.1. The van der Waals surface area contributed by atoms with Crippen LogP contribution in [0.25, 0.3) is 0 Å². The van der Waals surface area contributed by atoms with Crippen LogP contribution in [0.5, 0.6) is 0 Å². The highest BCUT2D eigenvalue weighted by Gasteiger charge is 2.19. The molecule has 1 rings (SSSR count). The topological polar surface area (TPSA) is 26.7 Å². The fraction of sp³-hybridized carbons (Fsp3) is 1.00. The maximum atomic E-state index is 8.90. The molecule has 66 valence electrons. The van der Waals surface area contributed by atoms with E-state index in [4.69, 9.17) is 5.11 Å². The predicted molar refractivity (Wildman–Crippen MR) is 45.4 cm³/mol. The maximum absolute atomic E-state index is 8.90. The summed E-state index contributed by atoms with van der Waals surface area (Å²) < 4.78 is 0. The first kappa shape index (κ1) is 8.97. The van der Waals surface area contributed by atoms with Gasteiger partial charge in [-0.1, -0.05) is 0 Å². The number of nitrogens with zero attached hydrogens (tertiary/aromatic N) is 2. The minimum atomic E-state index is 0.213. The van der Waals surface area contributed by atoms with Gasteiger partial charge in [0.1, 0.15) is 0 Å². The third-order valence-electron chi connectivity index (χ3n) is 2.41. The lowest BCUT2D eigenvalue weighted by Gasteiger charge is -2.34. The van der Waals surface area contributed by atoms with Gasteiger partial charge in [-0.05, 0) is 26.9 Å². The molecule has 0 saturated carbocycles. The van der Waals surface area contributed by atoms with Gasteiger partial charge in [0, 0.05) is 19.1 Å². The van der Waals surface area contributed by atoms with Crippen molar-refractivity contribution in [3.8, 4) is 0 Å². The van der Waals surface area contributed by atoms with Crippen molar-refractivity contribution in [2.24, 2.45) is 0 Å². The van der Waals surface area contributed by atoms with Crippen molar-refractivity contribution in [3.05, 3.63) is 0 Å². The average molecular weight is 158 g/mol. The molecule has 1 heterocycles. The second-order valence-corrected chi connectivity index (χ2v) is 3.48. The van der Waals surface area contributed by atoms with Gasteiger partial charge in [0.05, 0.1) is 6.73 Å². The Labute approximate surface area is 68.6 Å². The van der Waals surface area contributed by atoms with E-state index in [-0.39, 0.29) is 6.73 Å². The fourth-order valence-corrected chi connectivity index (χ4v) is 1.58. The van der Waals surface area contributed by atoms with Gasteiger partial charge in [-0.2, -0.15) is 0 Å². The Bertz CT molecular complexity index is 117. The molecule has 1 atom stereocenters. The smallest absolute Gasteiger partial charge is 0.0957 e. The van der Waals surface area contributed by atoms with E-state index in [0.29, 0.717) is 6.04 Å². The van der Waals surface area contributed by atoms with Crippen LogP contribution in [0.3, 0.4) is 0 Å². The van der Waals surface area contributed by atoms with Crippen molar-refractivity contribution in [3.63, 3.8) is 0 Å². The summed E-state index contributed by atoms with van der Waals surface area (Å²) in [7, 11) is 4.21. The number of likely N-dealkylation sites (tertiary alicyclic amines) is 1. The third-order valence-corrected chi connectivity index (χ3v) is 2.41. The van der Waals surface area contributed by atoms with Gasteiger partial charge < -0.3 is 10.0 Å². The van der Waals surface area contributed by atoms with Crippen molar-refractivity contribution >= 4 is 0 Å². The Balaban J connectivity index is 2.33. The van der Waals surface area contributed by atoms with Crippen LogP contribution in [0.1, 0.15) is 12.8 Å². The van der Waals surface area contributed by atoms with Crippen LogP contribution >= 0.6 is 0 Å². The number of aliphatic hydroxyl groups excluding tert-OH is 1. The van der Waals surface area contributed by atoms with Crippen LogP contribution in [0, 0.1) is 0 Å². The Hall–Kier alpha value is -0.120. The molecule has 0 radical (unpaired) electrons. The van der Waals surface area contributed by atoms with E-state index in [1.54, 1.807) is 0 Å². The van der Waals surface area contributed by atoms with Gasteiger partial charge in [0.2, 0.25) is 0 Å². The number of rotatable bonds is 2. The summed E-state index contributed by atoms with van der Waals surface area (Å²) in [5.41, 5.74) is 0. The molecule has 0 aromatic rings. The highest BCUT2D eigenvalue weighted by Crippen LogP contribution is 2.12. The Morgan fingerprint density at radius 3 is 2.82 bits per heavy atom. The molecule has 1 fully saturated rings. The van der Waals surface area contributed by atoms with Gasteiger partial charge in [0.25, 0.3) is 0 Å². The van der Waals surface area contributed by atoms with Crippen LogP contribution in [-0.2, 0) is 0 Å². The van der Waals surface area contributed by atoms with Crippen LogP contribution < -0.4 is 0 Å². The summed E-state index contributed by atoms with van der Waals surface area (Å²) in [4.78, 5) is 4.33. The van der Waals surface area contributed by atoms with Crippen molar-refractivity contribution < 1.29 is 5.11 Å². The SMILES string of the molecule is CN(C)C1CCCN(CO)C1. The molecule has 3 nitrogen and oxygen atoms in total. The van der Waals surface area contributed by atoms with E-state index < -0.39 is 0 Å². The molecule has 0 amide bonds. The molecule has 0 aliphatic carbocycles. The number of hydrogen-bond acceptors (Lipinski definition) is 3. The van der Waals surface area contributed by atoms with Gasteiger partial charge in [0.15, 0.2) is 0 Å². The van der Waals surface area contributed by atoms with E-state index in [0.717, 1.165) is 13.1 Å². The molecule has 0 bridgehead atoms. The zero-order chi connectivity index (χ0) is 8.27. The minimum absolute atomic E-state index is 0.213. The highest BCUT2D eigenvalue weighted by molar-refractivity contribution is 4.76. The first-order chi connectivity index (χ1) is 5.24. The lowest BCUT2D eigenvalue weighted by molar-refractivity contribution is 0.0536. The normalized spacial score (nSPS) is 27.8. The molecular formula is C8H18N2O. The summed E-state index contributed by atoms with van der Waals surface area (Å²) >= 11 is 0. The van der Waals surface area contributed by atoms with Crippen LogP contribution in [0.15, 0.2) is 0 Å². The van der Waals surface area contributed by atoms with Crippen LogP contribution in [0.4, 0.5) is 0 Å². The molecule has 0 spiro atoms. The predicted octanol–water partition coefficient (Wildman–Crippen LogP) is -0.0378. The Morgan fingerprint density at radius 2 is 2.27 bits per heavy atom. The lowest BCUT2D eigenvalue weighted by Crippen LogP contribution is -2.45. The number of likely N-dealkylation sites (N-methyl/N-ethyl adjacent to an activating group) is 1. The van der Waals surface area contributed by atoms with Crippen molar-refractivity contribution in [2.45, 2.75) is 18.9 Å². The van der Waals surface area contributed by atoms with Gasteiger partial charge >= 0.3 is 0 Å². The molecule has 1 aliphatic rings. The molecule has 1 saturated heterocycles. The van der Waals surface area contributed by atoms with E-state index in [2.05, 4.69) is 23.9 Å². The van der Waals surface area contributed by atoms with Crippen LogP contribution in [-0.4, -0.2) is 54.9 Å². The summed E-state index contributed by atoms with van der Waals surface area (Å²) in [5, 5.41) is 8.90. The standard InChI is InChI=1S/C8H18N2O/c1-9(2)8-4-3-5-10(6-8)7-11/h8,11H,3-7H2,1-2H3. The third kappa shape index (κ3) is 2.43. The summed E-state index contributed by atoms with van der Waals surface area (Å²) in [5.74, 6) is 0. The number of piperidine rings is 1. The molecule has 1 aliphatic heterocycles. The van der Waals surface area contributed by atoms with E-state index in [9.17, 15) is 0 Å². The first-order valence-electron chi connectivity index (χ1n) is 4.23. The van der Waals surface area contributed by atoms with E-state index in [1.165, 1.54) is 12.8 Å². The minimum Gasteiger partial charge on any atom is -0.381 e. The summed E-state index contributed by atoms with van der Waals surface area (Å²) in [6.07, 6.45) is 2.48. The van der Waals surface area contributed by atoms with E-state index >= 15 is 0 Å². The quantitative estimate of drug-likeness (QED) is 0.611. The Kier molecular flexibility index (Phi) is 3.30. The molecule has 11 heavy (non-hydrogen) atoms. The van der Waals surface area contributed by atoms with Gasteiger partial charge in [-0.25, -0.2) is 0 Å². The summed E-state index contributed by atoms with van der Waals surface area (Å²) in [6.45, 7) is 2.29. The largest absolute Gasteiger partial charge is 0.381 e. The number of hydrogen-bond donors (Lipinski definition) is 1. The molecule has 3 heteroatoms. The van der Waals surface area contributed by atoms with Crippen molar-refractivity contribution in [2.75, 3.05) is 33.9 Å².